The van der Waals surface area contributed by atoms with Crippen LogP contribution in [-0.2, 0) is 14.6 Å². The van der Waals surface area contributed by atoms with Crippen molar-refractivity contribution in [1.29, 1.82) is 0 Å². The quantitative estimate of drug-likeness (QED) is 0.597. The van der Waals surface area contributed by atoms with Gasteiger partial charge < -0.3 is 19.6 Å². The third kappa shape index (κ3) is 4.95. The summed E-state index contributed by atoms with van der Waals surface area (Å²) in [6, 6.07) is 0.430. The molecule has 1 N–H and O–H groups in total. The number of rotatable bonds is 6. The van der Waals surface area contributed by atoms with Crippen LogP contribution in [0.2, 0.25) is 0 Å². The number of sulfone groups is 1. The number of hydrogen-bond acceptors (Lipinski definition) is 8. The fourth-order valence-electron chi connectivity index (χ4n) is 4.33. The van der Waals surface area contributed by atoms with Gasteiger partial charge in [-0.15, -0.1) is 0 Å². The smallest absolute Gasteiger partial charge is 0.316 e. The van der Waals surface area contributed by atoms with Gasteiger partial charge in [0.15, 0.2) is 9.84 Å². The second-order valence-electron chi connectivity index (χ2n) is 8.36. The van der Waals surface area contributed by atoms with Crippen molar-refractivity contribution in [3.8, 4) is 0 Å². The van der Waals surface area contributed by atoms with E-state index in [9.17, 15) is 30.8 Å². The van der Waals surface area contributed by atoms with Crippen LogP contribution in [0.3, 0.4) is 0 Å². The third-order valence-corrected chi connectivity index (χ3v) is 7.14. The lowest BCUT2D eigenvalue weighted by atomic mass is 9.97. The van der Waals surface area contributed by atoms with Crippen molar-refractivity contribution in [2.75, 3.05) is 36.1 Å². The van der Waals surface area contributed by atoms with Crippen molar-refractivity contribution < 1.29 is 35.3 Å². The van der Waals surface area contributed by atoms with Crippen molar-refractivity contribution in [1.82, 2.24) is 15.0 Å². The van der Waals surface area contributed by atoms with E-state index in [1.807, 2.05) is 0 Å². The molecule has 186 valence electrons. The Hall–Kier alpha value is -2.90. The first-order valence-electron chi connectivity index (χ1n) is 10.7. The molecule has 2 aliphatic rings. The summed E-state index contributed by atoms with van der Waals surface area (Å²) in [6.07, 6.45) is 0.0593. The maximum Gasteiger partial charge on any atom is 0.316 e. The van der Waals surface area contributed by atoms with Crippen LogP contribution >= 0.6 is 0 Å². The molecule has 9 nitrogen and oxygen atoms in total. The first kappa shape index (κ1) is 24.2. The van der Waals surface area contributed by atoms with Crippen molar-refractivity contribution in [3.05, 3.63) is 29.7 Å². The molecule has 34 heavy (non-hydrogen) atoms. The van der Waals surface area contributed by atoms with Gasteiger partial charge in [-0.1, -0.05) is 0 Å². The molecule has 0 aliphatic carbocycles. The Bertz CT molecular complexity index is 1170. The van der Waals surface area contributed by atoms with Crippen LogP contribution in [0.4, 0.5) is 29.2 Å². The zero-order valence-electron chi connectivity index (χ0n) is 18.2. The fourth-order valence-corrected chi connectivity index (χ4v) is 5.06. The third-order valence-electron chi connectivity index (χ3n) is 6.03. The molecular weight excluding hydrogens is 482 g/mol. The van der Waals surface area contributed by atoms with Crippen LogP contribution in [0, 0.1) is 11.6 Å². The summed E-state index contributed by atoms with van der Waals surface area (Å²) >= 11 is 0. The molecule has 2 fully saturated rings. The van der Waals surface area contributed by atoms with Gasteiger partial charge in [0.05, 0.1) is 5.69 Å². The molecule has 0 spiro atoms. The average Bonchev–Trinajstić information content (AvgIpc) is 3.27. The van der Waals surface area contributed by atoms with Gasteiger partial charge in [-0.2, -0.15) is 13.8 Å². The van der Waals surface area contributed by atoms with Crippen LogP contribution in [0.1, 0.15) is 38.0 Å². The van der Waals surface area contributed by atoms with Crippen molar-refractivity contribution >= 4 is 27.4 Å². The van der Waals surface area contributed by atoms with E-state index in [4.69, 9.17) is 0 Å². The molecule has 3 heterocycles. The predicted molar refractivity (Wildman–Crippen MR) is 112 cm³/mol. The number of carbonyl (C=O) groups excluding carboxylic acids is 1. The van der Waals surface area contributed by atoms with E-state index >= 15 is 0 Å². The van der Waals surface area contributed by atoms with Gasteiger partial charge in [0.2, 0.25) is 5.91 Å². The summed E-state index contributed by atoms with van der Waals surface area (Å²) in [6.45, 7) is 1.37. The second-order valence-corrected chi connectivity index (χ2v) is 10.3. The van der Waals surface area contributed by atoms with E-state index < -0.39 is 44.7 Å². The Balaban J connectivity index is 1.40. The summed E-state index contributed by atoms with van der Waals surface area (Å²) in [5.74, 6) is -3.01. The van der Waals surface area contributed by atoms with Crippen LogP contribution in [0.5, 0.6) is 0 Å². The normalized spacial score (nSPS) is 20.3. The maximum atomic E-state index is 14.5. The first-order valence-corrected chi connectivity index (χ1v) is 12.6. The molecule has 1 atom stereocenters. The summed E-state index contributed by atoms with van der Waals surface area (Å²) in [4.78, 5) is 19.4. The highest BCUT2D eigenvalue weighted by Crippen LogP contribution is 2.28. The minimum absolute atomic E-state index is 0.0771. The van der Waals surface area contributed by atoms with Gasteiger partial charge in [-0.05, 0) is 36.9 Å². The number of alkyl halides is 2. The predicted octanol–water partition coefficient (Wildman–Crippen LogP) is 2.76. The molecule has 0 bridgehead atoms. The molecule has 1 aromatic carbocycles. The van der Waals surface area contributed by atoms with E-state index in [1.165, 1.54) is 0 Å². The van der Waals surface area contributed by atoms with Crippen LogP contribution in [0.25, 0.3) is 0 Å². The number of anilines is 2. The van der Waals surface area contributed by atoms with Crippen molar-refractivity contribution in [3.63, 3.8) is 0 Å². The standard InChI is InChI=1S/C20H23F4N5O4S/c1-34(31,32)16-10-12(21)15(9-13(16)22)25-14-3-2-6-29(19(14)30)11-4-7-28(8-5-11)20-26-18(17(23)24)33-27-20/h9-11,14,17,25H,2-8H2,1H3. The molecule has 2 aromatic rings. The van der Waals surface area contributed by atoms with E-state index in [-0.39, 0.29) is 23.6 Å². The number of hydrogen-bond donors (Lipinski definition) is 1. The number of amides is 1. The zero-order valence-corrected chi connectivity index (χ0v) is 19.0. The highest BCUT2D eigenvalue weighted by Gasteiger charge is 2.36. The van der Waals surface area contributed by atoms with E-state index in [0.29, 0.717) is 51.4 Å². The first-order chi connectivity index (χ1) is 16.0. The summed E-state index contributed by atoms with van der Waals surface area (Å²) in [5.41, 5.74) is -0.285. The second kappa shape index (κ2) is 9.39. The molecule has 14 heteroatoms. The van der Waals surface area contributed by atoms with Gasteiger partial charge in [0.1, 0.15) is 22.6 Å². The van der Waals surface area contributed by atoms with Gasteiger partial charge in [0, 0.05) is 38.0 Å². The number of likely N-dealkylation sites (tertiary alicyclic amines) is 1. The zero-order chi connectivity index (χ0) is 24.6. The summed E-state index contributed by atoms with van der Waals surface area (Å²) in [5, 5.41) is 6.30. The minimum Gasteiger partial charge on any atom is -0.371 e. The Kier molecular flexibility index (Phi) is 6.69. The number of halogens is 4. The highest BCUT2D eigenvalue weighted by molar-refractivity contribution is 7.90. The number of carbonyl (C=O) groups is 1. The van der Waals surface area contributed by atoms with Gasteiger partial charge >= 0.3 is 6.43 Å². The molecule has 2 saturated heterocycles. The SMILES string of the molecule is CS(=O)(=O)c1cc(F)c(NC2CCCN(C3CCN(c4noc(C(F)F)n4)CC3)C2=O)cc1F. The Morgan fingerprint density at radius 3 is 2.44 bits per heavy atom. The molecular formula is C20H23F4N5O4S. The number of piperidine rings is 2. The molecule has 1 aromatic heterocycles. The summed E-state index contributed by atoms with van der Waals surface area (Å²) in [7, 11) is -3.94. The van der Waals surface area contributed by atoms with Crippen LogP contribution in [-0.4, -0.2) is 67.3 Å². The molecule has 0 radical (unpaired) electrons. The van der Waals surface area contributed by atoms with Gasteiger partial charge in [0.25, 0.3) is 11.8 Å². The van der Waals surface area contributed by atoms with E-state index in [2.05, 4.69) is 20.0 Å². The topological polar surface area (TPSA) is 109 Å². The maximum absolute atomic E-state index is 14.5. The van der Waals surface area contributed by atoms with Gasteiger partial charge in [-0.3, -0.25) is 4.79 Å². The van der Waals surface area contributed by atoms with Crippen molar-refractivity contribution in [2.45, 2.75) is 49.1 Å². The lowest BCUT2D eigenvalue weighted by Crippen LogP contribution is -2.54. The average molecular weight is 505 g/mol. The molecule has 1 amide bonds. The van der Waals surface area contributed by atoms with Crippen LogP contribution in [0.15, 0.2) is 21.6 Å². The Labute approximate surface area is 193 Å². The highest BCUT2D eigenvalue weighted by atomic mass is 32.2. The van der Waals surface area contributed by atoms with Gasteiger partial charge in [-0.25, -0.2) is 17.2 Å². The number of benzene rings is 1. The molecule has 2 aliphatic heterocycles. The fraction of sp³-hybridized carbons (Fsp3) is 0.550. The molecule has 4 rings (SSSR count). The van der Waals surface area contributed by atoms with E-state index in [1.54, 1.807) is 9.80 Å². The summed E-state index contributed by atoms with van der Waals surface area (Å²) < 4.78 is 81.7. The Morgan fingerprint density at radius 1 is 1.12 bits per heavy atom. The monoisotopic (exact) mass is 505 g/mol. The Morgan fingerprint density at radius 2 is 1.82 bits per heavy atom. The molecule has 1 unspecified atom stereocenters. The minimum atomic E-state index is -3.94. The van der Waals surface area contributed by atoms with Crippen molar-refractivity contribution in [2.24, 2.45) is 0 Å². The lowest BCUT2D eigenvalue weighted by molar-refractivity contribution is -0.137. The number of aromatic nitrogens is 2. The molecule has 0 saturated carbocycles. The number of nitrogens with zero attached hydrogens (tertiary/aromatic N) is 4. The largest absolute Gasteiger partial charge is 0.371 e. The number of nitrogens with one attached hydrogen (secondary N) is 1. The van der Waals surface area contributed by atoms with E-state index in [0.717, 1.165) is 12.3 Å². The lowest BCUT2D eigenvalue weighted by Gasteiger charge is -2.42. The van der Waals surface area contributed by atoms with Crippen LogP contribution < -0.4 is 10.2 Å².